The fourth-order valence-electron chi connectivity index (χ4n) is 1.56. The predicted molar refractivity (Wildman–Crippen MR) is 80.8 cm³/mol. The number of phenolic OH excluding ortho intramolecular Hbond substituents is 2. The van der Waals surface area contributed by atoms with E-state index >= 15 is 0 Å². The number of hydrogen-bond acceptors (Lipinski definition) is 6. The molecule has 0 aliphatic rings. The second kappa shape index (κ2) is 5.89. The molecule has 0 unspecified atom stereocenters. The quantitative estimate of drug-likeness (QED) is 0.598. The number of esters is 1. The third-order valence-corrected chi connectivity index (χ3v) is 3.73. The van der Waals surface area contributed by atoms with E-state index in [1.54, 1.807) is 11.4 Å². The summed E-state index contributed by atoms with van der Waals surface area (Å²) in [5, 5.41) is 23.6. The van der Waals surface area contributed by atoms with Crippen molar-refractivity contribution in [1.82, 2.24) is 0 Å². The van der Waals surface area contributed by atoms with E-state index in [-0.39, 0.29) is 16.5 Å². The SMILES string of the molecule is COC(=O)c1sccc1NC(=S)c1ccc(O)cc1O. The third kappa shape index (κ3) is 2.89. The number of thiocarbonyl (C=S) groups is 1. The first-order valence-electron chi connectivity index (χ1n) is 5.52. The highest BCUT2D eigenvalue weighted by Gasteiger charge is 2.16. The molecule has 0 atom stereocenters. The van der Waals surface area contributed by atoms with Crippen molar-refractivity contribution in [2.45, 2.75) is 0 Å². The van der Waals surface area contributed by atoms with E-state index in [2.05, 4.69) is 10.1 Å². The van der Waals surface area contributed by atoms with Crippen molar-refractivity contribution in [1.29, 1.82) is 0 Å². The first-order chi connectivity index (χ1) is 9.52. The van der Waals surface area contributed by atoms with Gasteiger partial charge in [0.15, 0.2) is 0 Å². The molecule has 104 valence electrons. The molecular weight excluding hydrogens is 298 g/mol. The van der Waals surface area contributed by atoms with Crippen molar-refractivity contribution in [2.75, 3.05) is 12.4 Å². The maximum atomic E-state index is 11.5. The van der Waals surface area contributed by atoms with Crippen LogP contribution in [0.5, 0.6) is 11.5 Å². The Bertz CT molecular complexity index is 666. The molecule has 0 fully saturated rings. The summed E-state index contributed by atoms with van der Waals surface area (Å²) in [4.78, 5) is 12.2. The summed E-state index contributed by atoms with van der Waals surface area (Å²) >= 11 is 6.41. The van der Waals surface area contributed by atoms with Crippen LogP contribution in [0.25, 0.3) is 0 Å². The van der Waals surface area contributed by atoms with E-state index in [0.717, 1.165) is 0 Å². The summed E-state index contributed by atoms with van der Waals surface area (Å²) in [5.74, 6) is -0.655. The number of nitrogens with one attached hydrogen (secondary N) is 1. The Balaban J connectivity index is 2.24. The van der Waals surface area contributed by atoms with Crippen molar-refractivity contribution in [3.8, 4) is 11.5 Å². The second-order valence-corrected chi connectivity index (χ2v) is 5.13. The highest BCUT2D eigenvalue weighted by atomic mass is 32.1. The zero-order chi connectivity index (χ0) is 14.7. The molecule has 0 radical (unpaired) electrons. The van der Waals surface area contributed by atoms with Crippen LogP contribution in [0.3, 0.4) is 0 Å². The lowest BCUT2D eigenvalue weighted by Gasteiger charge is -2.10. The lowest BCUT2D eigenvalue weighted by atomic mass is 10.2. The van der Waals surface area contributed by atoms with Crippen LogP contribution in [0.2, 0.25) is 0 Å². The molecule has 0 saturated carbocycles. The number of benzene rings is 1. The Morgan fingerprint density at radius 3 is 2.75 bits per heavy atom. The molecule has 0 bridgehead atoms. The Labute approximate surface area is 124 Å². The van der Waals surface area contributed by atoms with Gasteiger partial charge in [-0.2, -0.15) is 0 Å². The fraction of sp³-hybridized carbons (Fsp3) is 0.0769. The van der Waals surface area contributed by atoms with Crippen LogP contribution in [0.1, 0.15) is 15.2 Å². The monoisotopic (exact) mass is 309 g/mol. The summed E-state index contributed by atoms with van der Waals surface area (Å²) in [6, 6.07) is 5.79. The molecule has 5 nitrogen and oxygen atoms in total. The highest BCUT2D eigenvalue weighted by Crippen LogP contribution is 2.27. The number of thiophene rings is 1. The highest BCUT2D eigenvalue weighted by molar-refractivity contribution is 7.81. The number of rotatable bonds is 3. The maximum Gasteiger partial charge on any atom is 0.350 e. The molecule has 3 N–H and O–H groups in total. The molecule has 0 aliphatic heterocycles. The number of anilines is 1. The van der Waals surface area contributed by atoms with Crippen molar-refractivity contribution >= 4 is 40.2 Å². The molecule has 20 heavy (non-hydrogen) atoms. The smallest absolute Gasteiger partial charge is 0.350 e. The standard InChI is InChI=1S/C13H11NO4S2/c1-18-13(17)11-9(4-5-20-11)14-12(19)8-3-2-7(15)6-10(8)16/h2-6,15-16H,1H3,(H,14,19). The van der Waals surface area contributed by atoms with Gasteiger partial charge in [-0.05, 0) is 23.6 Å². The van der Waals surface area contributed by atoms with E-state index in [1.807, 2.05) is 0 Å². The number of carbonyl (C=O) groups excluding carboxylic acids is 1. The zero-order valence-corrected chi connectivity index (χ0v) is 12.0. The number of ether oxygens (including phenoxy) is 1. The van der Waals surface area contributed by atoms with E-state index < -0.39 is 5.97 Å². The normalized spacial score (nSPS) is 10.1. The average Bonchev–Trinajstić information content (AvgIpc) is 2.85. The predicted octanol–water partition coefficient (Wildman–Crippen LogP) is 2.73. The van der Waals surface area contributed by atoms with Crippen molar-refractivity contribution in [2.24, 2.45) is 0 Å². The minimum Gasteiger partial charge on any atom is -0.508 e. The first kappa shape index (κ1) is 14.3. The molecule has 1 heterocycles. The van der Waals surface area contributed by atoms with Crippen LogP contribution < -0.4 is 5.32 Å². The minimum absolute atomic E-state index is 0.0557. The lowest BCUT2D eigenvalue weighted by Crippen LogP contribution is -2.12. The Kier molecular flexibility index (Phi) is 4.21. The Morgan fingerprint density at radius 2 is 2.10 bits per heavy atom. The topological polar surface area (TPSA) is 78.8 Å². The van der Waals surface area contributed by atoms with Crippen LogP contribution >= 0.6 is 23.6 Å². The Morgan fingerprint density at radius 1 is 1.35 bits per heavy atom. The van der Waals surface area contributed by atoms with Gasteiger partial charge in [0, 0.05) is 6.07 Å². The number of hydrogen-bond donors (Lipinski definition) is 3. The van der Waals surface area contributed by atoms with Gasteiger partial charge in [0.05, 0.1) is 18.4 Å². The van der Waals surface area contributed by atoms with Crippen molar-refractivity contribution in [3.05, 3.63) is 40.1 Å². The van der Waals surface area contributed by atoms with Gasteiger partial charge in [-0.1, -0.05) is 12.2 Å². The van der Waals surface area contributed by atoms with E-state index in [1.165, 1.54) is 36.6 Å². The average molecular weight is 309 g/mol. The Hall–Kier alpha value is -2.12. The van der Waals surface area contributed by atoms with Crippen LogP contribution in [-0.2, 0) is 4.74 Å². The molecule has 2 aromatic rings. The number of aromatic hydroxyl groups is 2. The molecule has 7 heteroatoms. The van der Waals surface area contributed by atoms with Gasteiger partial charge >= 0.3 is 5.97 Å². The lowest BCUT2D eigenvalue weighted by molar-refractivity contribution is 0.0607. The summed E-state index contributed by atoms with van der Waals surface area (Å²) in [7, 11) is 1.30. The molecule has 0 amide bonds. The second-order valence-electron chi connectivity index (χ2n) is 3.81. The maximum absolute atomic E-state index is 11.5. The van der Waals surface area contributed by atoms with Crippen molar-refractivity contribution < 1.29 is 19.7 Å². The van der Waals surface area contributed by atoms with Gasteiger partial charge < -0.3 is 20.3 Å². The fourth-order valence-corrected chi connectivity index (χ4v) is 2.61. The number of carbonyl (C=O) groups is 1. The van der Waals surface area contributed by atoms with Gasteiger partial charge in [-0.15, -0.1) is 11.3 Å². The van der Waals surface area contributed by atoms with Gasteiger partial charge in [0.1, 0.15) is 21.4 Å². The summed E-state index contributed by atoms with van der Waals surface area (Å²) in [5.41, 5.74) is 0.874. The molecule has 0 aliphatic carbocycles. The van der Waals surface area contributed by atoms with Gasteiger partial charge in [0.25, 0.3) is 0 Å². The summed E-state index contributed by atoms with van der Waals surface area (Å²) in [6.45, 7) is 0. The molecule has 0 spiro atoms. The molecule has 0 saturated heterocycles. The van der Waals surface area contributed by atoms with E-state index in [4.69, 9.17) is 12.2 Å². The van der Waals surface area contributed by atoms with Crippen LogP contribution in [0.15, 0.2) is 29.6 Å². The van der Waals surface area contributed by atoms with Crippen LogP contribution in [0, 0.1) is 0 Å². The van der Waals surface area contributed by atoms with E-state index in [9.17, 15) is 15.0 Å². The third-order valence-electron chi connectivity index (χ3n) is 2.51. The molecule has 2 rings (SSSR count). The number of phenols is 2. The number of methoxy groups -OCH3 is 1. The summed E-state index contributed by atoms with van der Waals surface area (Å²) < 4.78 is 4.67. The van der Waals surface area contributed by atoms with Gasteiger partial charge in [-0.3, -0.25) is 0 Å². The minimum atomic E-state index is -0.458. The largest absolute Gasteiger partial charge is 0.508 e. The van der Waals surface area contributed by atoms with Crippen molar-refractivity contribution in [3.63, 3.8) is 0 Å². The van der Waals surface area contributed by atoms with Gasteiger partial charge in [-0.25, -0.2) is 4.79 Å². The van der Waals surface area contributed by atoms with Crippen LogP contribution in [-0.4, -0.2) is 28.3 Å². The van der Waals surface area contributed by atoms with E-state index in [0.29, 0.717) is 16.1 Å². The zero-order valence-electron chi connectivity index (χ0n) is 10.4. The van der Waals surface area contributed by atoms with Crippen LogP contribution in [0.4, 0.5) is 5.69 Å². The molecule has 1 aromatic heterocycles. The van der Waals surface area contributed by atoms with Gasteiger partial charge in [0.2, 0.25) is 0 Å². The summed E-state index contributed by atoms with van der Waals surface area (Å²) in [6.07, 6.45) is 0. The molecular formula is C13H11NO4S2. The molecule has 1 aromatic carbocycles. The first-order valence-corrected chi connectivity index (χ1v) is 6.81.